The largest absolute Gasteiger partial charge is 0.495 e. The number of ether oxygens (including phenoxy) is 1. The molecule has 0 bridgehead atoms. The van der Waals surface area contributed by atoms with Gasteiger partial charge in [0.1, 0.15) is 10.6 Å². The van der Waals surface area contributed by atoms with Crippen LogP contribution in [-0.2, 0) is 24.8 Å². The Morgan fingerprint density at radius 2 is 1.72 bits per heavy atom. The van der Waals surface area contributed by atoms with Crippen molar-refractivity contribution in [3.63, 3.8) is 0 Å². The first-order valence-electron chi connectivity index (χ1n) is 8.72. The lowest BCUT2D eigenvalue weighted by Gasteiger charge is -2.19. The lowest BCUT2D eigenvalue weighted by Crippen LogP contribution is -2.33. The third kappa shape index (κ3) is 3.95. The van der Waals surface area contributed by atoms with E-state index in [1.807, 2.05) is 6.92 Å². The molecule has 1 saturated heterocycles. The van der Waals surface area contributed by atoms with Crippen LogP contribution in [0.15, 0.2) is 47.4 Å². The van der Waals surface area contributed by atoms with Gasteiger partial charge in [0.25, 0.3) is 10.0 Å². The number of carbonyl (C=O) groups is 1. The Labute approximate surface area is 170 Å². The zero-order valence-electron chi connectivity index (χ0n) is 16.5. The number of anilines is 2. The Morgan fingerprint density at radius 3 is 2.24 bits per heavy atom. The molecule has 0 aromatic heterocycles. The van der Waals surface area contributed by atoms with Gasteiger partial charge in [0, 0.05) is 5.69 Å². The molecular formula is C19H22N2O6S2. The molecular weight excluding hydrogens is 416 g/mol. The molecule has 2 aromatic carbocycles. The average Bonchev–Trinajstić information content (AvgIpc) is 2.79. The number of amides is 1. The predicted molar refractivity (Wildman–Crippen MR) is 110 cm³/mol. The number of carbonyl (C=O) groups excluding carboxylic acids is 1. The molecule has 3 rings (SSSR count). The first kappa shape index (κ1) is 21.1. The monoisotopic (exact) mass is 438 g/mol. The third-order valence-electron chi connectivity index (χ3n) is 4.56. The van der Waals surface area contributed by atoms with Crippen LogP contribution < -0.4 is 13.8 Å². The SMILES string of the molecule is COc1ccc(N2C(=O)C(C)(C)CS2(=O)=O)cc1S(=O)(=O)Nc1ccc(C)cc1. The Kier molecular flexibility index (Phi) is 5.12. The van der Waals surface area contributed by atoms with Gasteiger partial charge < -0.3 is 4.74 Å². The maximum absolute atomic E-state index is 13.0. The maximum Gasteiger partial charge on any atom is 0.265 e. The number of aryl methyl sites for hydroxylation is 1. The quantitative estimate of drug-likeness (QED) is 0.768. The Hall–Kier alpha value is -2.59. The van der Waals surface area contributed by atoms with Crippen LogP contribution in [0.25, 0.3) is 0 Å². The molecule has 1 aliphatic heterocycles. The van der Waals surface area contributed by atoms with Crippen LogP contribution >= 0.6 is 0 Å². The van der Waals surface area contributed by atoms with E-state index in [0.717, 1.165) is 11.6 Å². The van der Waals surface area contributed by atoms with Crippen molar-refractivity contribution >= 4 is 37.3 Å². The minimum absolute atomic E-state index is 0.0247. The summed E-state index contributed by atoms with van der Waals surface area (Å²) in [6.45, 7) is 4.94. The van der Waals surface area contributed by atoms with Gasteiger partial charge >= 0.3 is 0 Å². The van der Waals surface area contributed by atoms with Gasteiger partial charge in [0.05, 0.1) is 24.0 Å². The molecule has 0 unspecified atom stereocenters. The summed E-state index contributed by atoms with van der Waals surface area (Å²) in [6.07, 6.45) is 0. The first-order chi connectivity index (χ1) is 13.4. The van der Waals surface area contributed by atoms with Gasteiger partial charge in [0.2, 0.25) is 15.9 Å². The molecule has 10 heteroatoms. The molecule has 0 spiro atoms. The van der Waals surface area contributed by atoms with Crippen LogP contribution in [0.3, 0.4) is 0 Å². The van der Waals surface area contributed by atoms with Crippen molar-refractivity contribution in [3.05, 3.63) is 48.0 Å². The van der Waals surface area contributed by atoms with E-state index in [2.05, 4.69) is 4.72 Å². The Bertz CT molecular complexity index is 1170. The molecule has 0 atom stereocenters. The van der Waals surface area contributed by atoms with Gasteiger partial charge in [-0.1, -0.05) is 17.7 Å². The summed E-state index contributed by atoms with van der Waals surface area (Å²) in [4.78, 5) is 12.4. The molecule has 1 amide bonds. The number of hydrogen-bond donors (Lipinski definition) is 1. The molecule has 1 N–H and O–H groups in total. The zero-order chi connectivity index (χ0) is 21.6. The summed E-state index contributed by atoms with van der Waals surface area (Å²) >= 11 is 0. The van der Waals surface area contributed by atoms with Crippen molar-refractivity contribution in [1.29, 1.82) is 0 Å². The topological polar surface area (TPSA) is 110 Å². The highest BCUT2D eigenvalue weighted by molar-refractivity contribution is 7.94. The van der Waals surface area contributed by atoms with E-state index in [1.54, 1.807) is 24.3 Å². The van der Waals surface area contributed by atoms with E-state index >= 15 is 0 Å². The van der Waals surface area contributed by atoms with E-state index in [-0.39, 0.29) is 22.1 Å². The Balaban J connectivity index is 2.08. The molecule has 156 valence electrons. The number of benzene rings is 2. The van der Waals surface area contributed by atoms with Gasteiger partial charge in [-0.2, -0.15) is 0 Å². The molecule has 0 aliphatic carbocycles. The van der Waals surface area contributed by atoms with E-state index < -0.39 is 31.4 Å². The maximum atomic E-state index is 13.0. The lowest BCUT2D eigenvalue weighted by atomic mass is 9.95. The average molecular weight is 439 g/mol. The minimum atomic E-state index is -4.11. The van der Waals surface area contributed by atoms with Crippen LogP contribution in [0.4, 0.5) is 11.4 Å². The van der Waals surface area contributed by atoms with Crippen molar-refractivity contribution in [2.24, 2.45) is 5.41 Å². The molecule has 2 aromatic rings. The van der Waals surface area contributed by atoms with Crippen LogP contribution in [0.5, 0.6) is 5.75 Å². The zero-order valence-corrected chi connectivity index (χ0v) is 18.1. The molecule has 0 radical (unpaired) electrons. The normalized spacial score (nSPS) is 17.9. The molecule has 1 aliphatic rings. The molecule has 0 saturated carbocycles. The standard InChI is InChI=1S/C19H22N2O6S2/c1-13-5-7-14(8-6-13)20-29(25,26)17-11-15(9-10-16(17)27-4)21-18(22)19(2,3)12-28(21,23)24/h5-11,20H,12H2,1-4H3. The van der Waals surface area contributed by atoms with Gasteiger partial charge in [-0.15, -0.1) is 0 Å². The first-order valence-corrected chi connectivity index (χ1v) is 11.8. The predicted octanol–water partition coefficient (Wildman–Crippen LogP) is 2.51. The van der Waals surface area contributed by atoms with Crippen molar-refractivity contribution in [2.75, 3.05) is 21.9 Å². The highest BCUT2D eigenvalue weighted by atomic mass is 32.2. The van der Waals surface area contributed by atoms with E-state index in [1.165, 1.54) is 33.1 Å². The molecule has 1 fully saturated rings. The number of nitrogens with one attached hydrogen (secondary N) is 1. The van der Waals surface area contributed by atoms with Crippen molar-refractivity contribution in [2.45, 2.75) is 25.7 Å². The van der Waals surface area contributed by atoms with Gasteiger partial charge in [-0.25, -0.2) is 21.1 Å². The highest BCUT2D eigenvalue weighted by Gasteiger charge is 2.50. The Morgan fingerprint density at radius 1 is 1.10 bits per heavy atom. The summed E-state index contributed by atoms with van der Waals surface area (Å²) in [5.41, 5.74) is 0.158. The summed E-state index contributed by atoms with van der Waals surface area (Å²) in [5, 5.41) is 0. The van der Waals surface area contributed by atoms with Crippen molar-refractivity contribution in [3.8, 4) is 5.75 Å². The van der Waals surface area contributed by atoms with Crippen LogP contribution in [0.1, 0.15) is 19.4 Å². The lowest BCUT2D eigenvalue weighted by molar-refractivity contribution is -0.123. The van der Waals surface area contributed by atoms with Crippen LogP contribution in [0, 0.1) is 12.3 Å². The van der Waals surface area contributed by atoms with Crippen LogP contribution in [-0.4, -0.2) is 35.6 Å². The number of rotatable bonds is 5. The smallest absolute Gasteiger partial charge is 0.265 e. The van der Waals surface area contributed by atoms with Crippen molar-refractivity contribution < 1.29 is 26.4 Å². The second kappa shape index (κ2) is 7.03. The summed E-state index contributed by atoms with van der Waals surface area (Å²) < 4.78 is 59.2. The molecule has 29 heavy (non-hydrogen) atoms. The number of nitrogens with zero attached hydrogens (tertiary/aromatic N) is 1. The van der Waals surface area contributed by atoms with E-state index in [9.17, 15) is 21.6 Å². The summed E-state index contributed by atoms with van der Waals surface area (Å²) in [7, 11) is -6.72. The van der Waals surface area contributed by atoms with Gasteiger partial charge in [-0.05, 0) is 51.1 Å². The number of methoxy groups -OCH3 is 1. The van der Waals surface area contributed by atoms with Crippen LogP contribution in [0.2, 0.25) is 0 Å². The third-order valence-corrected chi connectivity index (χ3v) is 7.98. The van der Waals surface area contributed by atoms with Gasteiger partial charge in [-0.3, -0.25) is 9.52 Å². The molecule has 1 heterocycles. The summed E-state index contributed by atoms with van der Waals surface area (Å²) in [6, 6.07) is 10.5. The van der Waals surface area contributed by atoms with E-state index in [4.69, 9.17) is 4.74 Å². The van der Waals surface area contributed by atoms with Gasteiger partial charge in [0.15, 0.2) is 0 Å². The number of hydrogen-bond acceptors (Lipinski definition) is 6. The number of sulfonamides is 2. The van der Waals surface area contributed by atoms with Crippen molar-refractivity contribution in [1.82, 2.24) is 0 Å². The molecule has 8 nitrogen and oxygen atoms in total. The van der Waals surface area contributed by atoms with E-state index in [0.29, 0.717) is 9.99 Å². The second-order valence-electron chi connectivity index (χ2n) is 7.52. The second-order valence-corrected chi connectivity index (χ2v) is 11.0. The minimum Gasteiger partial charge on any atom is -0.495 e. The fourth-order valence-electron chi connectivity index (χ4n) is 3.09. The fraction of sp³-hybridized carbons (Fsp3) is 0.316. The summed E-state index contributed by atoms with van der Waals surface area (Å²) in [5.74, 6) is -0.941. The highest BCUT2D eigenvalue weighted by Crippen LogP contribution is 2.38. The fourth-order valence-corrected chi connectivity index (χ4v) is 6.44.